The van der Waals surface area contributed by atoms with Crippen LogP contribution in [0.15, 0.2) is 60.8 Å². The van der Waals surface area contributed by atoms with Gasteiger partial charge in [0.2, 0.25) is 0 Å². The highest BCUT2D eigenvalue weighted by atomic mass is 16.4. The average Bonchev–Trinajstić information content (AvgIpc) is 2.98. The maximum Gasteiger partial charge on any atom is 0.307 e. The van der Waals surface area contributed by atoms with E-state index in [1.165, 1.54) is 0 Å². The number of benzene rings is 2. The van der Waals surface area contributed by atoms with Gasteiger partial charge in [-0.05, 0) is 17.7 Å². The lowest BCUT2D eigenvalue weighted by molar-refractivity contribution is -0.136. The highest BCUT2D eigenvalue weighted by Gasteiger charge is 2.05. The predicted molar refractivity (Wildman–Crippen MR) is 78.1 cm³/mol. The standard InChI is InChI=1S/C16H13N3O2/c20-16(21)10-12-6-8-14(9-7-12)19-11-15(17-18-19)13-4-2-1-3-5-13/h1-9,11H,10H2,(H,20,21). The zero-order valence-corrected chi connectivity index (χ0v) is 11.2. The van der Waals surface area contributed by atoms with Crippen molar-refractivity contribution in [3.63, 3.8) is 0 Å². The molecule has 5 heteroatoms. The number of aromatic nitrogens is 3. The summed E-state index contributed by atoms with van der Waals surface area (Å²) in [4.78, 5) is 10.7. The minimum atomic E-state index is -0.838. The number of rotatable bonds is 4. The minimum Gasteiger partial charge on any atom is -0.481 e. The van der Waals surface area contributed by atoms with Crippen LogP contribution in [-0.2, 0) is 11.2 Å². The van der Waals surface area contributed by atoms with Crippen LogP contribution >= 0.6 is 0 Å². The second-order valence-corrected chi connectivity index (χ2v) is 4.65. The van der Waals surface area contributed by atoms with E-state index < -0.39 is 5.97 Å². The molecular formula is C16H13N3O2. The summed E-state index contributed by atoms with van der Waals surface area (Å²) in [5.74, 6) is -0.838. The van der Waals surface area contributed by atoms with Crippen molar-refractivity contribution in [1.82, 2.24) is 15.0 Å². The maximum absolute atomic E-state index is 10.7. The van der Waals surface area contributed by atoms with E-state index in [9.17, 15) is 4.79 Å². The molecule has 3 rings (SSSR count). The van der Waals surface area contributed by atoms with Crippen molar-refractivity contribution >= 4 is 5.97 Å². The van der Waals surface area contributed by atoms with Gasteiger partial charge in [-0.3, -0.25) is 4.79 Å². The summed E-state index contributed by atoms with van der Waals surface area (Å²) in [6.45, 7) is 0. The Hall–Kier alpha value is -2.95. The van der Waals surface area contributed by atoms with E-state index >= 15 is 0 Å². The van der Waals surface area contributed by atoms with Crippen molar-refractivity contribution in [1.29, 1.82) is 0 Å². The molecule has 0 saturated heterocycles. The summed E-state index contributed by atoms with van der Waals surface area (Å²) in [7, 11) is 0. The first-order valence-corrected chi connectivity index (χ1v) is 6.51. The molecule has 1 heterocycles. The van der Waals surface area contributed by atoms with Crippen molar-refractivity contribution in [2.45, 2.75) is 6.42 Å². The molecule has 2 aromatic carbocycles. The zero-order chi connectivity index (χ0) is 14.7. The third-order valence-corrected chi connectivity index (χ3v) is 3.12. The number of carbonyl (C=O) groups is 1. The van der Waals surface area contributed by atoms with Crippen LogP contribution in [0, 0.1) is 0 Å². The van der Waals surface area contributed by atoms with Gasteiger partial charge in [0.1, 0.15) is 5.69 Å². The minimum absolute atomic E-state index is 0.0207. The van der Waals surface area contributed by atoms with Gasteiger partial charge in [-0.25, -0.2) is 4.68 Å². The van der Waals surface area contributed by atoms with Gasteiger partial charge in [0.15, 0.2) is 0 Å². The number of carboxylic acid groups (broad SMARTS) is 1. The molecule has 0 bridgehead atoms. The van der Waals surface area contributed by atoms with Gasteiger partial charge in [0.05, 0.1) is 18.3 Å². The van der Waals surface area contributed by atoms with Crippen LogP contribution in [0.5, 0.6) is 0 Å². The molecule has 21 heavy (non-hydrogen) atoms. The van der Waals surface area contributed by atoms with Crippen LogP contribution in [0.4, 0.5) is 0 Å². The fraction of sp³-hybridized carbons (Fsp3) is 0.0625. The summed E-state index contributed by atoms with van der Waals surface area (Å²) >= 11 is 0. The number of carboxylic acids is 1. The Bertz CT molecular complexity index is 749. The Morgan fingerprint density at radius 3 is 2.43 bits per heavy atom. The summed E-state index contributed by atoms with van der Waals surface area (Å²) in [5.41, 5.74) is 3.41. The van der Waals surface area contributed by atoms with E-state index in [1.807, 2.05) is 48.7 Å². The third-order valence-electron chi connectivity index (χ3n) is 3.12. The highest BCUT2D eigenvalue weighted by Crippen LogP contribution is 2.17. The first-order valence-electron chi connectivity index (χ1n) is 6.51. The lowest BCUT2D eigenvalue weighted by Crippen LogP contribution is -2.00. The van der Waals surface area contributed by atoms with Crippen molar-refractivity contribution < 1.29 is 9.90 Å². The second-order valence-electron chi connectivity index (χ2n) is 4.65. The van der Waals surface area contributed by atoms with Gasteiger partial charge in [-0.1, -0.05) is 47.7 Å². The summed E-state index contributed by atoms with van der Waals surface area (Å²) in [6.07, 6.45) is 1.87. The molecule has 5 nitrogen and oxygen atoms in total. The van der Waals surface area contributed by atoms with Crippen molar-refractivity contribution in [3.8, 4) is 16.9 Å². The number of nitrogens with zero attached hydrogens (tertiary/aromatic N) is 3. The molecule has 0 atom stereocenters. The van der Waals surface area contributed by atoms with E-state index in [0.29, 0.717) is 0 Å². The predicted octanol–water partition coefficient (Wildman–Crippen LogP) is 2.56. The molecule has 1 aromatic heterocycles. The topological polar surface area (TPSA) is 68.0 Å². The van der Waals surface area contributed by atoms with Crippen LogP contribution < -0.4 is 0 Å². The molecule has 1 N–H and O–H groups in total. The largest absolute Gasteiger partial charge is 0.481 e. The molecule has 0 aliphatic carbocycles. The van der Waals surface area contributed by atoms with Crippen LogP contribution in [-0.4, -0.2) is 26.1 Å². The zero-order valence-electron chi connectivity index (χ0n) is 11.2. The smallest absolute Gasteiger partial charge is 0.307 e. The maximum atomic E-state index is 10.7. The molecule has 0 spiro atoms. The fourth-order valence-corrected chi connectivity index (χ4v) is 2.07. The molecule has 0 amide bonds. The number of hydrogen-bond acceptors (Lipinski definition) is 3. The van der Waals surface area contributed by atoms with E-state index in [4.69, 9.17) is 5.11 Å². The molecule has 0 radical (unpaired) electrons. The third kappa shape index (κ3) is 2.97. The quantitative estimate of drug-likeness (QED) is 0.797. The Balaban J connectivity index is 1.85. The Morgan fingerprint density at radius 1 is 1.05 bits per heavy atom. The molecule has 104 valence electrons. The van der Waals surface area contributed by atoms with E-state index in [0.717, 1.165) is 22.5 Å². The lowest BCUT2D eigenvalue weighted by Gasteiger charge is -2.01. The van der Waals surface area contributed by atoms with Crippen LogP contribution in [0.2, 0.25) is 0 Å². The average molecular weight is 279 g/mol. The normalized spacial score (nSPS) is 10.5. The Morgan fingerprint density at radius 2 is 1.76 bits per heavy atom. The number of hydrogen-bond donors (Lipinski definition) is 1. The molecule has 0 aliphatic heterocycles. The van der Waals surface area contributed by atoms with Gasteiger partial charge in [-0.2, -0.15) is 0 Å². The van der Waals surface area contributed by atoms with Crippen molar-refractivity contribution in [3.05, 3.63) is 66.4 Å². The highest BCUT2D eigenvalue weighted by molar-refractivity contribution is 5.70. The monoisotopic (exact) mass is 279 g/mol. The van der Waals surface area contributed by atoms with E-state index in [-0.39, 0.29) is 6.42 Å². The molecule has 3 aromatic rings. The van der Waals surface area contributed by atoms with Crippen LogP contribution in [0.1, 0.15) is 5.56 Å². The van der Waals surface area contributed by atoms with Crippen molar-refractivity contribution in [2.24, 2.45) is 0 Å². The van der Waals surface area contributed by atoms with Crippen LogP contribution in [0.25, 0.3) is 16.9 Å². The van der Waals surface area contributed by atoms with Gasteiger partial charge < -0.3 is 5.11 Å². The van der Waals surface area contributed by atoms with E-state index in [2.05, 4.69) is 10.3 Å². The first kappa shape index (κ1) is 13.1. The summed E-state index contributed by atoms with van der Waals surface area (Å²) in [5, 5.41) is 17.0. The molecule has 0 aliphatic rings. The summed E-state index contributed by atoms with van der Waals surface area (Å²) in [6, 6.07) is 17.1. The van der Waals surface area contributed by atoms with Gasteiger partial charge in [-0.15, -0.1) is 5.10 Å². The molecule has 0 saturated carbocycles. The SMILES string of the molecule is O=C(O)Cc1ccc(-n2cc(-c3ccccc3)nn2)cc1. The molecular weight excluding hydrogens is 266 g/mol. The first-order chi connectivity index (χ1) is 10.2. The van der Waals surface area contributed by atoms with Crippen molar-refractivity contribution in [2.75, 3.05) is 0 Å². The molecule has 0 unspecified atom stereocenters. The fourth-order valence-electron chi connectivity index (χ4n) is 2.07. The number of aliphatic carboxylic acids is 1. The van der Waals surface area contributed by atoms with Gasteiger partial charge in [0, 0.05) is 5.56 Å². The Kier molecular flexibility index (Phi) is 3.47. The second kappa shape index (κ2) is 5.58. The van der Waals surface area contributed by atoms with Gasteiger partial charge in [0.25, 0.3) is 0 Å². The molecule has 0 fully saturated rings. The Labute approximate surface area is 121 Å². The van der Waals surface area contributed by atoms with Crippen LogP contribution in [0.3, 0.4) is 0 Å². The summed E-state index contributed by atoms with van der Waals surface area (Å²) < 4.78 is 1.67. The van der Waals surface area contributed by atoms with Gasteiger partial charge >= 0.3 is 5.97 Å². The lowest BCUT2D eigenvalue weighted by atomic mass is 10.1. The van der Waals surface area contributed by atoms with E-state index in [1.54, 1.807) is 16.8 Å².